The number of benzene rings is 2. The van der Waals surface area contributed by atoms with Gasteiger partial charge in [-0.15, -0.1) is 0 Å². The van der Waals surface area contributed by atoms with Crippen LogP contribution in [0.25, 0.3) is 0 Å². The summed E-state index contributed by atoms with van der Waals surface area (Å²) in [7, 11) is -3.76. The van der Waals surface area contributed by atoms with Gasteiger partial charge in [0.2, 0.25) is 6.79 Å². The van der Waals surface area contributed by atoms with E-state index in [1.807, 2.05) is 12.1 Å². The summed E-state index contributed by atoms with van der Waals surface area (Å²) < 4.78 is 37.9. The van der Waals surface area contributed by atoms with Crippen LogP contribution in [0.1, 0.15) is 20.9 Å². The monoisotopic (exact) mass is 431 g/mol. The number of thiazole rings is 1. The van der Waals surface area contributed by atoms with Gasteiger partial charge in [0, 0.05) is 6.54 Å². The van der Waals surface area contributed by atoms with Crippen molar-refractivity contribution in [3.63, 3.8) is 0 Å². The topological polar surface area (TPSA) is 107 Å². The molecule has 2 aromatic carbocycles. The number of anilines is 1. The molecule has 2 N–H and O–H groups in total. The Labute approximate surface area is 171 Å². The summed E-state index contributed by atoms with van der Waals surface area (Å²) in [5, 5.41) is 2.95. The number of nitrogens with one attached hydrogen (secondary N) is 2. The second kappa shape index (κ2) is 7.72. The van der Waals surface area contributed by atoms with Gasteiger partial charge in [-0.25, -0.2) is 13.4 Å². The average molecular weight is 431 g/mol. The van der Waals surface area contributed by atoms with Crippen LogP contribution in [0.15, 0.2) is 53.4 Å². The van der Waals surface area contributed by atoms with Crippen molar-refractivity contribution >= 4 is 32.4 Å². The highest BCUT2D eigenvalue weighted by Gasteiger charge is 2.20. The predicted octanol–water partition coefficient (Wildman–Crippen LogP) is 2.91. The van der Waals surface area contributed by atoms with Gasteiger partial charge in [0.15, 0.2) is 16.6 Å². The number of ether oxygens (including phenoxy) is 2. The number of hydrogen-bond acceptors (Lipinski definition) is 7. The van der Waals surface area contributed by atoms with E-state index in [2.05, 4.69) is 15.0 Å². The van der Waals surface area contributed by atoms with Crippen molar-refractivity contribution in [1.82, 2.24) is 10.3 Å². The third-order valence-electron chi connectivity index (χ3n) is 4.17. The smallest absolute Gasteiger partial charge is 0.263 e. The second-order valence-corrected chi connectivity index (χ2v) is 8.90. The molecular weight excluding hydrogens is 414 g/mol. The zero-order valence-electron chi connectivity index (χ0n) is 15.3. The van der Waals surface area contributed by atoms with Crippen molar-refractivity contribution in [1.29, 1.82) is 0 Å². The van der Waals surface area contributed by atoms with Crippen molar-refractivity contribution in [3.05, 3.63) is 64.7 Å². The van der Waals surface area contributed by atoms with Crippen molar-refractivity contribution in [2.75, 3.05) is 11.5 Å². The largest absolute Gasteiger partial charge is 0.454 e. The molecule has 0 saturated heterocycles. The van der Waals surface area contributed by atoms with E-state index >= 15 is 0 Å². The molecule has 0 spiro atoms. The normalized spacial score (nSPS) is 12.6. The lowest BCUT2D eigenvalue weighted by atomic mass is 10.2. The van der Waals surface area contributed by atoms with Crippen LogP contribution < -0.4 is 19.5 Å². The molecule has 0 unspecified atom stereocenters. The molecule has 2 heterocycles. The van der Waals surface area contributed by atoms with Crippen molar-refractivity contribution in [2.24, 2.45) is 0 Å². The van der Waals surface area contributed by atoms with Gasteiger partial charge in [-0.3, -0.25) is 9.52 Å². The summed E-state index contributed by atoms with van der Waals surface area (Å²) in [6, 6.07) is 13.4. The van der Waals surface area contributed by atoms with Crippen LogP contribution in [0.5, 0.6) is 11.5 Å². The zero-order chi connectivity index (χ0) is 20.4. The van der Waals surface area contributed by atoms with E-state index in [0.29, 0.717) is 22.1 Å². The number of fused-ring (bicyclic) bond motifs is 1. The number of rotatable bonds is 6. The molecule has 0 aliphatic carbocycles. The molecule has 3 aromatic rings. The first-order chi connectivity index (χ1) is 13.9. The van der Waals surface area contributed by atoms with E-state index in [0.717, 1.165) is 16.9 Å². The van der Waals surface area contributed by atoms with E-state index in [1.165, 1.54) is 12.1 Å². The Morgan fingerprint density at radius 3 is 2.69 bits per heavy atom. The first-order valence-corrected chi connectivity index (χ1v) is 10.9. The summed E-state index contributed by atoms with van der Waals surface area (Å²) >= 11 is 0.986. The molecule has 8 nitrogen and oxygen atoms in total. The van der Waals surface area contributed by atoms with Crippen LogP contribution in [0.4, 0.5) is 5.13 Å². The lowest BCUT2D eigenvalue weighted by Gasteiger charge is -2.05. The maximum atomic E-state index is 12.5. The average Bonchev–Trinajstić information content (AvgIpc) is 3.32. The molecular formula is C19H17N3O5S2. The third kappa shape index (κ3) is 4.17. The van der Waals surface area contributed by atoms with Gasteiger partial charge in [-0.2, -0.15) is 0 Å². The summed E-state index contributed by atoms with van der Waals surface area (Å²) in [5.74, 6) is 0.986. The summed E-state index contributed by atoms with van der Waals surface area (Å²) in [4.78, 5) is 17.2. The number of carbonyl (C=O) groups is 1. The molecule has 1 aliphatic heterocycles. The van der Waals surface area contributed by atoms with Crippen molar-refractivity contribution < 1.29 is 22.7 Å². The second-order valence-electron chi connectivity index (χ2n) is 6.22. The van der Waals surface area contributed by atoms with E-state index in [-0.39, 0.29) is 29.3 Å². The molecule has 1 aliphatic rings. The highest BCUT2D eigenvalue weighted by molar-refractivity contribution is 7.93. The molecule has 0 saturated carbocycles. The Kier molecular flexibility index (Phi) is 5.12. The molecule has 29 heavy (non-hydrogen) atoms. The summed E-state index contributed by atoms with van der Waals surface area (Å²) in [5.41, 5.74) is 1.30. The third-order valence-corrected chi connectivity index (χ3v) is 6.72. The Balaban J connectivity index is 1.44. The lowest BCUT2D eigenvalue weighted by Crippen LogP contribution is -2.22. The molecule has 0 atom stereocenters. The van der Waals surface area contributed by atoms with Crippen LogP contribution >= 0.6 is 11.3 Å². The SMILES string of the molecule is Cc1nc(NS(=O)(=O)c2ccccc2)sc1C(=O)NCc1ccc2c(c1)OCO2. The molecule has 1 aromatic heterocycles. The lowest BCUT2D eigenvalue weighted by molar-refractivity contribution is 0.0954. The van der Waals surface area contributed by atoms with Crippen molar-refractivity contribution in [2.45, 2.75) is 18.4 Å². The van der Waals surface area contributed by atoms with Gasteiger partial charge >= 0.3 is 0 Å². The number of carbonyl (C=O) groups excluding carboxylic acids is 1. The van der Waals surface area contributed by atoms with Gasteiger partial charge in [-0.1, -0.05) is 35.6 Å². The summed E-state index contributed by atoms with van der Waals surface area (Å²) in [6.07, 6.45) is 0. The van der Waals surface area contributed by atoms with E-state index < -0.39 is 10.0 Å². The van der Waals surface area contributed by atoms with Gasteiger partial charge in [-0.05, 0) is 36.8 Å². The quantitative estimate of drug-likeness (QED) is 0.622. The number of nitrogens with zero attached hydrogens (tertiary/aromatic N) is 1. The predicted molar refractivity (Wildman–Crippen MR) is 108 cm³/mol. The molecule has 1 amide bonds. The van der Waals surface area contributed by atoms with Gasteiger partial charge < -0.3 is 14.8 Å². The van der Waals surface area contributed by atoms with Crippen LogP contribution in [-0.4, -0.2) is 26.1 Å². The Hall–Kier alpha value is -3.11. The van der Waals surface area contributed by atoms with Gasteiger partial charge in [0.05, 0.1) is 10.6 Å². The maximum Gasteiger partial charge on any atom is 0.263 e. The standard InChI is InChI=1S/C19H17N3O5S2/c1-12-17(18(23)20-10-13-7-8-15-16(9-13)27-11-26-15)28-19(21-12)22-29(24,25)14-5-3-2-4-6-14/h2-9H,10-11H2,1H3,(H,20,23)(H,21,22). The number of aromatic nitrogens is 1. The molecule has 4 rings (SSSR count). The van der Waals surface area contributed by atoms with Gasteiger partial charge in [0.25, 0.3) is 15.9 Å². The van der Waals surface area contributed by atoms with Crippen LogP contribution in [0, 0.1) is 6.92 Å². The van der Waals surface area contributed by atoms with E-state index in [9.17, 15) is 13.2 Å². The number of amides is 1. The van der Waals surface area contributed by atoms with E-state index in [1.54, 1.807) is 31.2 Å². The zero-order valence-corrected chi connectivity index (χ0v) is 17.0. The number of hydrogen-bond donors (Lipinski definition) is 2. The highest BCUT2D eigenvalue weighted by Crippen LogP contribution is 2.32. The molecule has 0 fully saturated rings. The number of aryl methyl sites for hydroxylation is 1. The minimum absolute atomic E-state index is 0.127. The number of sulfonamides is 1. The Morgan fingerprint density at radius 2 is 1.90 bits per heavy atom. The van der Waals surface area contributed by atoms with E-state index in [4.69, 9.17) is 9.47 Å². The Bertz CT molecular complexity index is 1160. The summed E-state index contributed by atoms with van der Waals surface area (Å²) in [6.45, 7) is 2.14. The minimum Gasteiger partial charge on any atom is -0.454 e. The molecule has 0 radical (unpaired) electrons. The fourth-order valence-corrected chi connectivity index (χ4v) is 4.88. The molecule has 0 bridgehead atoms. The van der Waals surface area contributed by atoms with Crippen molar-refractivity contribution in [3.8, 4) is 11.5 Å². The molecule has 10 heteroatoms. The minimum atomic E-state index is -3.76. The first kappa shape index (κ1) is 19.2. The highest BCUT2D eigenvalue weighted by atomic mass is 32.2. The molecule has 150 valence electrons. The maximum absolute atomic E-state index is 12.5. The first-order valence-electron chi connectivity index (χ1n) is 8.64. The van der Waals surface area contributed by atoms with Crippen LogP contribution in [0.2, 0.25) is 0 Å². The van der Waals surface area contributed by atoms with Crippen LogP contribution in [0.3, 0.4) is 0 Å². The fraction of sp³-hybridized carbons (Fsp3) is 0.158. The van der Waals surface area contributed by atoms with Crippen LogP contribution in [-0.2, 0) is 16.6 Å². The Morgan fingerprint density at radius 1 is 1.14 bits per heavy atom. The van der Waals surface area contributed by atoms with Gasteiger partial charge in [0.1, 0.15) is 4.88 Å². The fourth-order valence-electron chi connectivity index (χ4n) is 2.74.